The summed E-state index contributed by atoms with van der Waals surface area (Å²) in [6, 6.07) is 7.71. The Bertz CT molecular complexity index is 403. The van der Waals surface area contributed by atoms with Gasteiger partial charge in [-0.2, -0.15) is 0 Å². The molecule has 17 heavy (non-hydrogen) atoms. The summed E-state index contributed by atoms with van der Waals surface area (Å²) in [5, 5.41) is 20.8. The maximum Gasteiger partial charge on any atom is 0.170 e. The zero-order chi connectivity index (χ0) is 12.3. The van der Waals surface area contributed by atoms with Gasteiger partial charge in [0.1, 0.15) is 0 Å². The van der Waals surface area contributed by atoms with Gasteiger partial charge in [-0.15, -0.1) is 0 Å². The highest BCUT2D eigenvalue weighted by molar-refractivity contribution is 5.97. The lowest BCUT2D eigenvalue weighted by atomic mass is 10.1. The van der Waals surface area contributed by atoms with Crippen molar-refractivity contribution in [2.75, 3.05) is 18.1 Å². The molecule has 92 valence electrons. The van der Waals surface area contributed by atoms with E-state index < -0.39 is 0 Å². The van der Waals surface area contributed by atoms with E-state index in [1.54, 1.807) is 0 Å². The number of amidine groups is 1. The molecule has 0 aromatic heterocycles. The summed E-state index contributed by atoms with van der Waals surface area (Å²) in [5.74, 6) is 0.108. The van der Waals surface area contributed by atoms with Gasteiger partial charge in [0.2, 0.25) is 0 Å². The number of oxime groups is 1. The highest BCUT2D eigenvalue weighted by Crippen LogP contribution is 2.25. The van der Waals surface area contributed by atoms with Crippen molar-refractivity contribution in [1.82, 2.24) is 0 Å². The second kappa shape index (κ2) is 5.05. The van der Waals surface area contributed by atoms with Crippen LogP contribution in [0.2, 0.25) is 0 Å². The van der Waals surface area contributed by atoms with Crippen LogP contribution in [0.3, 0.4) is 0 Å². The van der Waals surface area contributed by atoms with E-state index in [0.29, 0.717) is 5.56 Å². The zero-order valence-electron chi connectivity index (χ0n) is 9.58. The van der Waals surface area contributed by atoms with E-state index in [0.717, 1.165) is 25.1 Å². The lowest BCUT2D eigenvalue weighted by Crippen LogP contribution is -2.31. The Morgan fingerprint density at radius 2 is 2.12 bits per heavy atom. The first-order valence-electron chi connectivity index (χ1n) is 5.71. The average Bonchev–Trinajstić information content (AvgIpc) is 2.86. The highest BCUT2D eigenvalue weighted by atomic mass is 16.4. The molecule has 2 rings (SSSR count). The smallest absolute Gasteiger partial charge is 0.170 e. The Labute approximate surface area is 100 Å². The Morgan fingerprint density at radius 1 is 1.41 bits per heavy atom. The maximum atomic E-state index is 9.26. The fourth-order valence-corrected chi connectivity index (χ4v) is 2.25. The molecule has 5 nitrogen and oxygen atoms in total. The van der Waals surface area contributed by atoms with Crippen molar-refractivity contribution in [3.8, 4) is 0 Å². The van der Waals surface area contributed by atoms with Gasteiger partial charge in [0.15, 0.2) is 5.84 Å². The molecule has 1 aliphatic rings. The summed E-state index contributed by atoms with van der Waals surface area (Å²) in [7, 11) is 0. The molecule has 1 saturated heterocycles. The second-order valence-electron chi connectivity index (χ2n) is 4.20. The normalized spacial score (nSPS) is 20.9. The standard InChI is InChI=1S/C12H17N3O2/c13-12(14-17)9-3-5-10(6-4-9)15-7-1-2-11(15)8-16/h3-6,11,16-17H,1-2,7-8H2,(H2,13,14). The number of hydrogen-bond donors (Lipinski definition) is 3. The van der Waals surface area contributed by atoms with E-state index in [-0.39, 0.29) is 18.5 Å². The van der Waals surface area contributed by atoms with Gasteiger partial charge >= 0.3 is 0 Å². The lowest BCUT2D eigenvalue weighted by molar-refractivity contribution is 0.266. The van der Waals surface area contributed by atoms with E-state index in [9.17, 15) is 5.11 Å². The van der Waals surface area contributed by atoms with E-state index in [2.05, 4.69) is 10.1 Å². The molecule has 0 amide bonds. The third-order valence-electron chi connectivity index (χ3n) is 3.19. The maximum absolute atomic E-state index is 9.26. The average molecular weight is 235 g/mol. The van der Waals surface area contributed by atoms with Crippen LogP contribution in [-0.2, 0) is 0 Å². The van der Waals surface area contributed by atoms with Crippen LogP contribution in [-0.4, -0.2) is 35.3 Å². The number of anilines is 1. The quantitative estimate of drug-likeness (QED) is 0.312. The Balaban J connectivity index is 2.18. The molecule has 1 heterocycles. The minimum Gasteiger partial charge on any atom is -0.409 e. The number of aliphatic hydroxyl groups excluding tert-OH is 1. The SMILES string of the molecule is NC(=NO)c1ccc(N2CCCC2CO)cc1. The van der Waals surface area contributed by atoms with Gasteiger partial charge in [0, 0.05) is 17.8 Å². The van der Waals surface area contributed by atoms with Crippen molar-refractivity contribution in [3.63, 3.8) is 0 Å². The van der Waals surface area contributed by atoms with Crippen molar-refractivity contribution < 1.29 is 10.3 Å². The van der Waals surface area contributed by atoms with Gasteiger partial charge in [-0.1, -0.05) is 5.16 Å². The van der Waals surface area contributed by atoms with Gasteiger partial charge in [-0.25, -0.2) is 0 Å². The molecule has 1 aromatic rings. The van der Waals surface area contributed by atoms with Crippen molar-refractivity contribution in [2.24, 2.45) is 10.9 Å². The van der Waals surface area contributed by atoms with Gasteiger partial charge in [-0.3, -0.25) is 0 Å². The summed E-state index contributed by atoms with van der Waals surface area (Å²) in [5.41, 5.74) is 7.25. The molecule has 4 N–H and O–H groups in total. The molecule has 1 fully saturated rings. The van der Waals surface area contributed by atoms with Crippen LogP contribution in [0.4, 0.5) is 5.69 Å². The van der Waals surface area contributed by atoms with E-state index in [1.165, 1.54) is 0 Å². The molecular weight excluding hydrogens is 218 g/mol. The number of nitrogens with zero attached hydrogens (tertiary/aromatic N) is 2. The van der Waals surface area contributed by atoms with Crippen molar-refractivity contribution in [2.45, 2.75) is 18.9 Å². The van der Waals surface area contributed by atoms with E-state index in [1.807, 2.05) is 24.3 Å². The topological polar surface area (TPSA) is 82.1 Å². The monoisotopic (exact) mass is 235 g/mol. The van der Waals surface area contributed by atoms with Crippen molar-refractivity contribution >= 4 is 11.5 Å². The van der Waals surface area contributed by atoms with Crippen LogP contribution >= 0.6 is 0 Å². The molecule has 1 aromatic carbocycles. The first kappa shape index (κ1) is 11.7. The Kier molecular flexibility index (Phi) is 3.49. The molecule has 1 unspecified atom stereocenters. The van der Waals surface area contributed by atoms with Crippen LogP contribution in [0, 0.1) is 0 Å². The molecule has 0 bridgehead atoms. The number of rotatable bonds is 3. The summed E-state index contributed by atoms with van der Waals surface area (Å²) >= 11 is 0. The fourth-order valence-electron chi connectivity index (χ4n) is 2.25. The fraction of sp³-hybridized carbons (Fsp3) is 0.417. The number of hydrogen-bond acceptors (Lipinski definition) is 4. The van der Waals surface area contributed by atoms with Crippen LogP contribution in [0.15, 0.2) is 29.4 Å². The molecule has 1 aliphatic heterocycles. The van der Waals surface area contributed by atoms with Gasteiger partial charge in [0.25, 0.3) is 0 Å². The van der Waals surface area contributed by atoms with E-state index >= 15 is 0 Å². The number of nitrogens with two attached hydrogens (primary N) is 1. The van der Waals surface area contributed by atoms with Crippen molar-refractivity contribution in [1.29, 1.82) is 0 Å². The third kappa shape index (κ3) is 2.34. The van der Waals surface area contributed by atoms with Gasteiger partial charge in [0.05, 0.1) is 12.6 Å². The summed E-state index contributed by atoms with van der Waals surface area (Å²) in [6.07, 6.45) is 2.13. The van der Waals surface area contributed by atoms with Crippen LogP contribution in [0.5, 0.6) is 0 Å². The summed E-state index contributed by atoms with van der Waals surface area (Å²) in [4.78, 5) is 2.19. The van der Waals surface area contributed by atoms with Crippen LogP contribution < -0.4 is 10.6 Å². The first-order valence-corrected chi connectivity index (χ1v) is 5.71. The molecule has 5 heteroatoms. The predicted molar refractivity (Wildman–Crippen MR) is 66.4 cm³/mol. The molecule has 0 radical (unpaired) electrons. The largest absolute Gasteiger partial charge is 0.409 e. The van der Waals surface area contributed by atoms with E-state index in [4.69, 9.17) is 10.9 Å². The van der Waals surface area contributed by atoms with Crippen molar-refractivity contribution in [3.05, 3.63) is 29.8 Å². The number of aliphatic hydroxyl groups is 1. The van der Waals surface area contributed by atoms with Crippen LogP contribution in [0.25, 0.3) is 0 Å². The Morgan fingerprint density at radius 3 is 2.71 bits per heavy atom. The van der Waals surface area contributed by atoms with Gasteiger partial charge < -0.3 is 20.9 Å². The molecule has 0 aliphatic carbocycles. The highest BCUT2D eigenvalue weighted by Gasteiger charge is 2.23. The minimum atomic E-state index is 0.108. The van der Waals surface area contributed by atoms with Crippen LogP contribution in [0.1, 0.15) is 18.4 Å². The third-order valence-corrected chi connectivity index (χ3v) is 3.19. The second-order valence-corrected chi connectivity index (χ2v) is 4.20. The zero-order valence-corrected chi connectivity index (χ0v) is 9.58. The molecule has 0 spiro atoms. The molecular formula is C12H17N3O2. The first-order chi connectivity index (χ1) is 8.26. The Hall–Kier alpha value is -1.75. The van der Waals surface area contributed by atoms with Gasteiger partial charge in [-0.05, 0) is 37.1 Å². The lowest BCUT2D eigenvalue weighted by Gasteiger charge is -2.25. The molecule has 0 saturated carbocycles. The summed E-state index contributed by atoms with van der Waals surface area (Å²) in [6.45, 7) is 1.15. The predicted octanol–water partition coefficient (Wildman–Crippen LogP) is 0.742. The summed E-state index contributed by atoms with van der Waals surface area (Å²) < 4.78 is 0. The number of benzene rings is 1. The minimum absolute atomic E-state index is 0.108. The molecule has 1 atom stereocenters.